The van der Waals surface area contributed by atoms with E-state index in [4.69, 9.17) is 4.74 Å². The van der Waals surface area contributed by atoms with Gasteiger partial charge in [0.2, 0.25) is 0 Å². The Morgan fingerprint density at radius 1 is 1.31 bits per heavy atom. The first-order valence-corrected chi connectivity index (χ1v) is 4.57. The molecule has 1 N–H and O–H groups in total. The summed E-state index contributed by atoms with van der Waals surface area (Å²) in [6.07, 6.45) is -3.52. The highest BCUT2D eigenvalue weighted by Crippen LogP contribution is 2.25. The molecule has 1 aromatic carbocycles. The second-order valence-electron chi connectivity index (χ2n) is 3.13. The molecule has 0 aliphatic carbocycles. The van der Waals surface area contributed by atoms with Crippen LogP contribution in [0.3, 0.4) is 0 Å². The fraction of sp³-hybridized carbons (Fsp3) is 0.273. The first kappa shape index (κ1) is 12.4. The van der Waals surface area contributed by atoms with Gasteiger partial charge in [-0.15, -0.1) is 6.58 Å². The molecule has 0 saturated carbocycles. The summed E-state index contributed by atoms with van der Waals surface area (Å²) in [5.41, 5.74) is 0.364. The van der Waals surface area contributed by atoms with E-state index in [1.807, 2.05) is 0 Å². The van der Waals surface area contributed by atoms with E-state index in [9.17, 15) is 13.2 Å². The van der Waals surface area contributed by atoms with Gasteiger partial charge in [-0.05, 0) is 24.3 Å². The second-order valence-corrected chi connectivity index (χ2v) is 3.13. The van der Waals surface area contributed by atoms with E-state index in [-0.39, 0.29) is 0 Å². The van der Waals surface area contributed by atoms with Crippen molar-refractivity contribution >= 4 is 5.69 Å². The maximum absolute atomic E-state index is 12.4. The average molecular weight is 231 g/mol. The summed E-state index contributed by atoms with van der Waals surface area (Å²) in [7, 11) is 1.49. The van der Waals surface area contributed by atoms with Gasteiger partial charge in [0.15, 0.2) is 0 Å². The molecule has 0 radical (unpaired) electrons. The SMILES string of the molecule is C=C[C@@H](Nc1ccc(OC)cc1)C(F)(F)F. The zero-order chi connectivity index (χ0) is 12.2. The number of rotatable bonds is 4. The van der Waals surface area contributed by atoms with E-state index in [0.717, 1.165) is 6.08 Å². The Morgan fingerprint density at radius 2 is 1.88 bits per heavy atom. The summed E-state index contributed by atoms with van der Waals surface area (Å²) in [5.74, 6) is 0.590. The van der Waals surface area contributed by atoms with Crippen molar-refractivity contribution in [3.8, 4) is 5.75 Å². The molecule has 1 rings (SSSR count). The molecule has 0 aliphatic rings. The van der Waals surface area contributed by atoms with Crippen molar-refractivity contribution < 1.29 is 17.9 Å². The highest BCUT2D eigenvalue weighted by Gasteiger charge is 2.37. The van der Waals surface area contributed by atoms with Gasteiger partial charge in [0.05, 0.1) is 7.11 Å². The summed E-state index contributed by atoms with van der Waals surface area (Å²) in [5, 5.41) is 2.32. The predicted molar refractivity (Wildman–Crippen MR) is 56.7 cm³/mol. The summed E-state index contributed by atoms with van der Waals surface area (Å²) >= 11 is 0. The van der Waals surface area contributed by atoms with Gasteiger partial charge in [0.25, 0.3) is 0 Å². The highest BCUT2D eigenvalue weighted by atomic mass is 19.4. The predicted octanol–water partition coefficient (Wildman–Crippen LogP) is 3.22. The molecule has 0 amide bonds. The van der Waals surface area contributed by atoms with Crippen LogP contribution in [0.1, 0.15) is 0 Å². The van der Waals surface area contributed by atoms with Gasteiger partial charge in [0.1, 0.15) is 11.8 Å². The highest BCUT2D eigenvalue weighted by molar-refractivity contribution is 5.48. The van der Waals surface area contributed by atoms with E-state index in [1.165, 1.54) is 19.2 Å². The zero-order valence-electron chi connectivity index (χ0n) is 8.71. The molecule has 16 heavy (non-hydrogen) atoms. The lowest BCUT2D eigenvalue weighted by molar-refractivity contribution is -0.132. The van der Waals surface area contributed by atoms with E-state index >= 15 is 0 Å². The number of halogens is 3. The second kappa shape index (κ2) is 4.92. The van der Waals surface area contributed by atoms with Crippen LogP contribution < -0.4 is 10.1 Å². The van der Waals surface area contributed by atoms with Crippen molar-refractivity contribution in [1.29, 1.82) is 0 Å². The van der Waals surface area contributed by atoms with Crippen LogP contribution in [-0.2, 0) is 0 Å². The number of methoxy groups -OCH3 is 1. The van der Waals surface area contributed by atoms with Crippen molar-refractivity contribution in [2.75, 3.05) is 12.4 Å². The van der Waals surface area contributed by atoms with Crippen molar-refractivity contribution in [2.45, 2.75) is 12.2 Å². The number of benzene rings is 1. The molecule has 0 spiro atoms. The lowest BCUT2D eigenvalue weighted by atomic mass is 10.2. The van der Waals surface area contributed by atoms with Gasteiger partial charge in [-0.2, -0.15) is 13.2 Å². The molecule has 5 heteroatoms. The third kappa shape index (κ3) is 3.18. The van der Waals surface area contributed by atoms with Crippen LogP contribution in [0.15, 0.2) is 36.9 Å². The van der Waals surface area contributed by atoms with Gasteiger partial charge in [0, 0.05) is 5.69 Å². The Hall–Kier alpha value is -1.65. The molecular formula is C11H12F3NO. The fourth-order valence-corrected chi connectivity index (χ4v) is 1.14. The van der Waals surface area contributed by atoms with Crippen LogP contribution >= 0.6 is 0 Å². The lowest BCUT2D eigenvalue weighted by Crippen LogP contribution is -2.34. The summed E-state index contributed by atoms with van der Waals surface area (Å²) in [6, 6.07) is 4.45. The summed E-state index contributed by atoms with van der Waals surface area (Å²) in [6.45, 7) is 3.15. The Balaban J connectivity index is 2.75. The number of ether oxygens (including phenoxy) is 1. The van der Waals surface area contributed by atoms with E-state index in [0.29, 0.717) is 11.4 Å². The van der Waals surface area contributed by atoms with Crippen LogP contribution in [0, 0.1) is 0 Å². The zero-order valence-corrected chi connectivity index (χ0v) is 8.71. The third-order valence-electron chi connectivity index (χ3n) is 2.00. The number of anilines is 1. The number of nitrogens with one attached hydrogen (secondary N) is 1. The monoisotopic (exact) mass is 231 g/mol. The van der Waals surface area contributed by atoms with Crippen molar-refractivity contribution in [3.05, 3.63) is 36.9 Å². The van der Waals surface area contributed by atoms with Crippen LogP contribution in [0.25, 0.3) is 0 Å². The average Bonchev–Trinajstić information content (AvgIpc) is 2.25. The lowest BCUT2D eigenvalue weighted by Gasteiger charge is -2.19. The Kier molecular flexibility index (Phi) is 3.82. The molecule has 0 saturated heterocycles. The first-order chi connectivity index (χ1) is 7.47. The van der Waals surface area contributed by atoms with Crippen LogP contribution in [-0.4, -0.2) is 19.3 Å². The standard InChI is InChI=1S/C11H12F3NO/c1-3-10(11(12,13)14)15-8-4-6-9(16-2)7-5-8/h3-7,10,15H,1H2,2H3/t10-/m1/s1. The van der Waals surface area contributed by atoms with Gasteiger partial charge < -0.3 is 10.1 Å². The van der Waals surface area contributed by atoms with Gasteiger partial charge in [-0.1, -0.05) is 6.08 Å². The largest absolute Gasteiger partial charge is 0.497 e. The molecular weight excluding hydrogens is 219 g/mol. The van der Waals surface area contributed by atoms with E-state index in [1.54, 1.807) is 12.1 Å². The number of alkyl halides is 3. The quantitative estimate of drug-likeness (QED) is 0.803. The molecule has 2 nitrogen and oxygen atoms in total. The number of hydrogen-bond donors (Lipinski definition) is 1. The van der Waals surface area contributed by atoms with Gasteiger partial charge >= 0.3 is 6.18 Å². The molecule has 1 atom stereocenters. The van der Waals surface area contributed by atoms with E-state index < -0.39 is 12.2 Å². The van der Waals surface area contributed by atoms with E-state index in [2.05, 4.69) is 11.9 Å². The maximum Gasteiger partial charge on any atom is 0.412 e. The van der Waals surface area contributed by atoms with Crippen molar-refractivity contribution in [1.82, 2.24) is 0 Å². The normalized spacial score (nSPS) is 13.0. The van der Waals surface area contributed by atoms with Crippen LogP contribution in [0.5, 0.6) is 5.75 Å². The van der Waals surface area contributed by atoms with Gasteiger partial charge in [-0.25, -0.2) is 0 Å². The summed E-state index contributed by atoms with van der Waals surface area (Å²) < 4.78 is 42.1. The minimum atomic E-state index is -4.35. The molecule has 0 fully saturated rings. The molecule has 88 valence electrons. The Morgan fingerprint density at radius 3 is 2.25 bits per heavy atom. The Bertz CT molecular complexity index is 345. The molecule has 0 aromatic heterocycles. The fourth-order valence-electron chi connectivity index (χ4n) is 1.14. The molecule has 0 aliphatic heterocycles. The summed E-state index contributed by atoms with van der Waals surface area (Å²) in [4.78, 5) is 0. The molecule has 0 bridgehead atoms. The minimum absolute atomic E-state index is 0.364. The topological polar surface area (TPSA) is 21.3 Å². The molecule has 0 unspecified atom stereocenters. The van der Waals surface area contributed by atoms with Gasteiger partial charge in [-0.3, -0.25) is 0 Å². The third-order valence-corrected chi connectivity index (χ3v) is 2.00. The minimum Gasteiger partial charge on any atom is -0.497 e. The van der Waals surface area contributed by atoms with Crippen molar-refractivity contribution in [3.63, 3.8) is 0 Å². The Labute approximate surface area is 91.7 Å². The number of hydrogen-bond acceptors (Lipinski definition) is 2. The van der Waals surface area contributed by atoms with Crippen LogP contribution in [0.4, 0.5) is 18.9 Å². The maximum atomic E-state index is 12.4. The first-order valence-electron chi connectivity index (χ1n) is 4.57. The molecule has 0 heterocycles. The smallest absolute Gasteiger partial charge is 0.412 e. The molecule has 1 aromatic rings. The van der Waals surface area contributed by atoms with Crippen LogP contribution in [0.2, 0.25) is 0 Å². The van der Waals surface area contributed by atoms with Crippen molar-refractivity contribution in [2.24, 2.45) is 0 Å².